The first-order chi connectivity index (χ1) is 15.8. The summed E-state index contributed by atoms with van der Waals surface area (Å²) in [6.07, 6.45) is 2.39. The number of nitrogens with one attached hydrogen (secondary N) is 2. The molecule has 0 aliphatic carbocycles. The number of piperidine rings is 1. The second-order valence-electron chi connectivity index (χ2n) is 10.2. The monoisotopic (exact) mass is 467 g/mol. The molecular weight excluding hydrogens is 430 g/mol. The van der Waals surface area contributed by atoms with Crippen LogP contribution in [0.3, 0.4) is 0 Å². The third kappa shape index (κ3) is 6.47. The molecule has 4 rings (SSSR count). The van der Waals surface area contributed by atoms with Gasteiger partial charge in [0.25, 0.3) is 0 Å². The highest BCUT2D eigenvalue weighted by Gasteiger charge is 2.23. The van der Waals surface area contributed by atoms with Crippen LogP contribution in [-0.2, 0) is 0 Å². The number of thiocarbonyl (C=S) groups is 1. The maximum absolute atomic E-state index is 5.53. The number of hydrogen-bond acceptors (Lipinski definition) is 6. The lowest BCUT2D eigenvalue weighted by atomic mass is 9.99. The van der Waals surface area contributed by atoms with E-state index >= 15 is 0 Å². The first-order valence-electron chi connectivity index (χ1n) is 12.0. The third-order valence-corrected chi connectivity index (χ3v) is 6.45. The van der Waals surface area contributed by atoms with Gasteiger partial charge < -0.3 is 25.3 Å². The van der Waals surface area contributed by atoms with Gasteiger partial charge in [0.2, 0.25) is 5.95 Å². The van der Waals surface area contributed by atoms with E-state index in [9.17, 15) is 0 Å². The smallest absolute Gasteiger partial charge is 0.232 e. The Hall–Kier alpha value is -2.61. The van der Waals surface area contributed by atoms with Crippen LogP contribution in [0.2, 0.25) is 0 Å². The van der Waals surface area contributed by atoms with Crippen LogP contribution in [0.25, 0.3) is 0 Å². The van der Waals surface area contributed by atoms with Crippen LogP contribution in [0.4, 0.5) is 23.3 Å². The van der Waals surface area contributed by atoms with E-state index in [-0.39, 0.29) is 5.54 Å². The second-order valence-corrected chi connectivity index (χ2v) is 10.6. The zero-order valence-electron chi connectivity index (χ0n) is 20.3. The first-order valence-corrected chi connectivity index (χ1v) is 12.5. The lowest BCUT2D eigenvalue weighted by Crippen LogP contribution is -2.47. The molecule has 0 radical (unpaired) electrons. The number of nitrogens with zero attached hydrogens (tertiary/aromatic N) is 5. The van der Waals surface area contributed by atoms with Crippen LogP contribution in [0, 0.1) is 5.92 Å². The van der Waals surface area contributed by atoms with Crippen molar-refractivity contribution in [3.05, 3.63) is 36.4 Å². The highest BCUT2D eigenvalue weighted by atomic mass is 32.1. The fraction of sp³-hybridized carbons (Fsp3) is 0.560. The molecule has 2 aromatic rings. The first kappa shape index (κ1) is 23.5. The zero-order chi connectivity index (χ0) is 23.4. The van der Waals surface area contributed by atoms with Crippen molar-refractivity contribution in [3.8, 4) is 0 Å². The predicted molar refractivity (Wildman–Crippen MR) is 143 cm³/mol. The maximum Gasteiger partial charge on any atom is 0.232 e. The van der Waals surface area contributed by atoms with Crippen molar-refractivity contribution < 1.29 is 0 Å². The molecule has 0 amide bonds. The fourth-order valence-corrected chi connectivity index (χ4v) is 4.74. The highest BCUT2D eigenvalue weighted by Crippen LogP contribution is 2.27. The van der Waals surface area contributed by atoms with Crippen molar-refractivity contribution in [2.75, 3.05) is 59.3 Å². The van der Waals surface area contributed by atoms with E-state index in [0.29, 0.717) is 11.1 Å². The summed E-state index contributed by atoms with van der Waals surface area (Å²) < 4.78 is 0. The summed E-state index contributed by atoms with van der Waals surface area (Å²) in [6.45, 7) is 14.4. The number of rotatable bonds is 4. The molecule has 0 unspecified atom stereocenters. The highest BCUT2D eigenvalue weighted by molar-refractivity contribution is 7.80. The molecule has 0 bridgehead atoms. The SMILES string of the molecule is CC1CCN(c2cc(N3CCN(c4ccccc4)CC3)nc(NC(=S)NC(C)(C)C)n2)CC1. The summed E-state index contributed by atoms with van der Waals surface area (Å²) in [5.41, 5.74) is 1.16. The largest absolute Gasteiger partial charge is 0.368 e. The van der Waals surface area contributed by atoms with E-state index in [4.69, 9.17) is 22.2 Å². The summed E-state index contributed by atoms with van der Waals surface area (Å²) in [5, 5.41) is 7.08. The van der Waals surface area contributed by atoms with Crippen LogP contribution in [-0.4, -0.2) is 59.9 Å². The zero-order valence-corrected chi connectivity index (χ0v) is 21.2. The van der Waals surface area contributed by atoms with E-state index in [2.05, 4.69) is 89.4 Å². The molecule has 0 saturated carbocycles. The van der Waals surface area contributed by atoms with E-state index in [1.54, 1.807) is 0 Å². The molecule has 7 nitrogen and oxygen atoms in total. The summed E-state index contributed by atoms with van der Waals surface area (Å²) >= 11 is 5.53. The molecule has 0 atom stereocenters. The Morgan fingerprint density at radius 3 is 2.00 bits per heavy atom. The minimum atomic E-state index is -0.124. The summed E-state index contributed by atoms with van der Waals surface area (Å²) in [4.78, 5) is 16.9. The molecule has 2 aliphatic rings. The molecule has 3 heterocycles. The van der Waals surface area contributed by atoms with E-state index in [1.807, 2.05) is 0 Å². The van der Waals surface area contributed by atoms with Crippen molar-refractivity contribution in [2.45, 2.75) is 46.1 Å². The van der Waals surface area contributed by atoms with Gasteiger partial charge in [0.05, 0.1) is 0 Å². The Bertz CT molecular complexity index is 928. The summed E-state index contributed by atoms with van der Waals surface area (Å²) in [5.74, 6) is 3.29. The molecular formula is C25H37N7S. The molecule has 0 spiro atoms. The number of benzene rings is 1. The van der Waals surface area contributed by atoms with Gasteiger partial charge in [-0.25, -0.2) is 0 Å². The molecule has 2 aliphatic heterocycles. The Balaban J connectivity index is 1.52. The van der Waals surface area contributed by atoms with E-state index in [0.717, 1.165) is 56.8 Å². The van der Waals surface area contributed by atoms with Crippen molar-refractivity contribution in [2.24, 2.45) is 5.92 Å². The second kappa shape index (κ2) is 10.1. The summed E-state index contributed by atoms with van der Waals surface area (Å²) in [7, 11) is 0. The standard InChI is InChI=1S/C25H37N7S/c1-19-10-12-31(13-11-19)21-18-22(27-23(26-21)28-24(33)29-25(2,3)4)32-16-14-30(15-17-32)20-8-6-5-7-9-20/h5-9,18-19H,10-17H2,1-4H3,(H2,26,27,28,29,33). The number of piperazine rings is 1. The van der Waals surface area contributed by atoms with Crippen molar-refractivity contribution in [3.63, 3.8) is 0 Å². The van der Waals surface area contributed by atoms with Gasteiger partial charge in [-0.2, -0.15) is 9.97 Å². The summed E-state index contributed by atoms with van der Waals surface area (Å²) in [6, 6.07) is 12.8. The average molecular weight is 468 g/mol. The van der Waals surface area contributed by atoms with Crippen LogP contribution >= 0.6 is 12.2 Å². The lowest BCUT2D eigenvalue weighted by molar-refractivity contribution is 0.436. The Labute approximate surface area is 203 Å². The van der Waals surface area contributed by atoms with Crippen LogP contribution in [0.15, 0.2) is 36.4 Å². The van der Waals surface area contributed by atoms with Gasteiger partial charge in [-0.15, -0.1) is 0 Å². The van der Waals surface area contributed by atoms with Gasteiger partial charge in [-0.05, 0) is 63.9 Å². The van der Waals surface area contributed by atoms with Crippen LogP contribution < -0.4 is 25.3 Å². The molecule has 178 valence electrons. The van der Waals surface area contributed by atoms with Crippen LogP contribution in [0.5, 0.6) is 0 Å². The molecule has 1 aromatic carbocycles. The Kier molecular flexibility index (Phi) is 7.22. The number of para-hydroxylation sites is 1. The molecule has 8 heteroatoms. The normalized spacial score (nSPS) is 17.8. The van der Waals surface area contributed by atoms with Crippen LogP contribution in [0.1, 0.15) is 40.5 Å². The van der Waals surface area contributed by atoms with Gasteiger partial charge in [0.15, 0.2) is 5.11 Å². The minimum absolute atomic E-state index is 0.124. The quantitative estimate of drug-likeness (QED) is 0.651. The number of aromatic nitrogens is 2. The average Bonchev–Trinajstić information content (AvgIpc) is 2.79. The van der Waals surface area contributed by atoms with Gasteiger partial charge in [0.1, 0.15) is 11.6 Å². The van der Waals surface area contributed by atoms with Gasteiger partial charge in [0, 0.05) is 56.6 Å². The number of hydrogen-bond donors (Lipinski definition) is 2. The topological polar surface area (TPSA) is 59.6 Å². The van der Waals surface area contributed by atoms with Gasteiger partial charge in [-0.3, -0.25) is 0 Å². The van der Waals surface area contributed by atoms with E-state index in [1.165, 1.54) is 18.5 Å². The Morgan fingerprint density at radius 2 is 1.42 bits per heavy atom. The number of anilines is 4. The van der Waals surface area contributed by atoms with Crippen molar-refractivity contribution in [1.82, 2.24) is 15.3 Å². The van der Waals surface area contributed by atoms with Crippen molar-refractivity contribution >= 4 is 40.6 Å². The molecule has 2 N–H and O–H groups in total. The fourth-order valence-electron chi connectivity index (χ4n) is 4.35. The molecule has 33 heavy (non-hydrogen) atoms. The maximum atomic E-state index is 5.53. The lowest BCUT2D eigenvalue weighted by Gasteiger charge is -2.37. The molecule has 2 saturated heterocycles. The predicted octanol–water partition coefficient (Wildman–Crippen LogP) is 4.12. The molecule has 1 aromatic heterocycles. The van der Waals surface area contributed by atoms with Gasteiger partial charge >= 0.3 is 0 Å². The van der Waals surface area contributed by atoms with E-state index < -0.39 is 0 Å². The molecule has 2 fully saturated rings. The minimum Gasteiger partial charge on any atom is -0.368 e. The Morgan fingerprint density at radius 1 is 0.879 bits per heavy atom. The third-order valence-electron chi connectivity index (χ3n) is 6.25. The van der Waals surface area contributed by atoms with Gasteiger partial charge in [-0.1, -0.05) is 25.1 Å². The van der Waals surface area contributed by atoms with Crippen molar-refractivity contribution in [1.29, 1.82) is 0 Å².